The van der Waals surface area contributed by atoms with E-state index in [2.05, 4.69) is 4.74 Å². The summed E-state index contributed by atoms with van der Waals surface area (Å²) < 4.78 is 39.9. The van der Waals surface area contributed by atoms with Crippen molar-refractivity contribution >= 4 is 0 Å². The van der Waals surface area contributed by atoms with Gasteiger partial charge >= 0.3 is 6.36 Å². The van der Waals surface area contributed by atoms with E-state index in [0.29, 0.717) is 5.92 Å². The van der Waals surface area contributed by atoms with Gasteiger partial charge in [-0.2, -0.15) is 0 Å². The van der Waals surface area contributed by atoms with Gasteiger partial charge in [-0.15, -0.1) is 13.2 Å². The minimum atomic E-state index is -4.72. The van der Waals surface area contributed by atoms with Crippen LogP contribution in [-0.4, -0.2) is 11.5 Å². The van der Waals surface area contributed by atoms with E-state index < -0.39 is 13.0 Å². The summed E-state index contributed by atoms with van der Waals surface area (Å²) in [5.41, 5.74) is 1.15. The molecule has 0 atom stereocenters. The normalized spacial score (nSPS) is 16.2. The SMILES string of the molecule is OCc1cc(C2CC2)ccc1OC(F)(F)F. The number of aliphatic hydroxyl groups is 1. The first-order valence-corrected chi connectivity index (χ1v) is 4.99. The third-order valence-electron chi connectivity index (χ3n) is 2.53. The smallest absolute Gasteiger partial charge is 0.405 e. The van der Waals surface area contributed by atoms with Crippen molar-refractivity contribution in [3.8, 4) is 5.75 Å². The Balaban J connectivity index is 2.24. The van der Waals surface area contributed by atoms with Crippen molar-refractivity contribution in [3.63, 3.8) is 0 Å². The largest absolute Gasteiger partial charge is 0.573 e. The van der Waals surface area contributed by atoms with Crippen LogP contribution in [0.4, 0.5) is 13.2 Å². The Bertz CT molecular complexity index is 383. The number of alkyl halides is 3. The lowest BCUT2D eigenvalue weighted by atomic mass is 10.1. The van der Waals surface area contributed by atoms with E-state index in [9.17, 15) is 13.2 Å². The number of aliphatic hydroxyl groups excluding tert-OH is 1. The number of ether oxygens (including phenoxy) is 1. The number of rotatable bonds is 3. The highest BCUT2D eigenvalue weighted by Gasteiger charge is 2.32. The van der Waals surface area contributed by atoms with Gasteiger partial charge in [0.15, 0.2) is 0 Å². The Morgan fingerprint density at radius 3 is 2.50 bits per heavy atom. The highest BCUT2D eigenvalue weighted by Crippen LogP contribution is 2.41. The van der Waals surface area contributed by atoms with Crippen LogP contribution in [0.5, 0.6) is 5.75 Å². The molecule has 0 spiro atoms. The minimum Gasteiger partial charge on any atom is -0.405 e. The first-order chi connectivity index (χ1) is 7.49. The van der Waals surface area contributed by atoms with Crippen molar-refractivity contribution in [3.05, 3.63) is 29.3 Å². The van der Waals surface area contributed by atoms with Crippen molar-refractivity contribution < 1.29 is 23.0 Å². The summed E-state index contributed by atoms with van der Waals surface area (Å²) in [5, 5.41) is 8.99. The molecule has 0 unspecified atom stereocenters. The van der Waals surface area contributed by atoms with Crippen molar-refractivity contribution in [1.29, 1.82) is 0 Å². The molecule has 1 fully saturated rings. The lowest BCUT2D eigenvalue weighted by Crippen LogP contribution is -2.18. The van der Waals surface area contributed by atoms with Crippen LogP contribution in [0, 0.1) is 0 Å². The van der Waals surface area contributed by atoms with Gasteiger partial charge in [-0.1, -0.05) is 6.07 Å². The maximum Gasteiger partial charge on any atom is 0.573 e. The number of halogens is 3. The molecule has 1 saturated carbocycles. The zero-order valence-electron chi connectivity index (χ0n) is 8.42. The Morgan fingerprint density at radius 2 is 2.00 bits per heavy atom. The second-order valence-corrected chi connectivity index (χ2v) is 3.85. The third kappa shape index (κ3) is 2.66. The van der Waals surface area contributed by atoms with Crippen molar-refractivity contribution in [2.45, 2.75) is 31.7 Å². The first kappa shape index (κ1) is 11.3. The maximum absolute atomic E-state index is 12.0. The number of hydrogen-bond acceptors (Lipinski definition) is 2. The molecule has 1 aromatic rings. The Labute approximate surface area is 90.7 Å². The Morgan fingerprint density at radius 1 is 1.31 bits per heavy atom. The van der Waals surface area contributed by atoms with Gasteiger partial charge in [-0.3, -0.25) is 0 Å². The molecule has 5 heteroatoms. The van der Waals surface area contributed by atoms with Crippen molar-refractivity contribution in [2.75, 3.05) is 0 Å². The molecule has 2 nitrogen and oxygen atoms in total. The standard InChI is InChI=1S/C11H11F3O2/c12-11(13,14)16-10-4-3-8(7-1-2-7)5-9(10)6-15/h3-5,7,15H,1-2,6H2. The highest BCUT2D eigenvalue weighted by molar-refractivity contribution is 5.39. The summed E-state index contributed by atoms with van der Waals surface area (Å²) in [7, 11) is 0. The second kappa shape index (κ2) is 3.97. The maximum atomic E-state index is 12.0. The van der Waals surface area contributed by atoms with E-state index in [4.69, 9.17) is 5.11 Å². The predicted molar refractivity (Wildman–Crippen MR) is 51.0 cm³/mol. The fraction of sp³-hybridized carbons (Fsp3) is 0.455. The monoisotopic (exact) mass is 232 g/mol. The molecule has 0 saturated heterocycles. The van der Waals surface area contributed by atoms with Gasteiger partial charge in [0.1, 0.15) is 5.75 Å². The van der Waals surface area contributed by atoms with Gasteiger partial charge in [0.2, 0.25) is 0 Å². The fourth-order valence-corrected chi connectivity index (χ4v) is 1.62. The molecule has 0 radical (unpaired) electrons. The van der Waals surface area contributed by atoms with E-state index in [-0.39, 0.29) is 11.3 Å². The average molecular weight is 232 g/mol. The first-order valence-electron chi connectivity index (χ1n) is 4.99. The second-order valence-electron chi connectivity index (χ2n) is 3.85. The molecular weight excluding hydrogens is 221 g/mol. The molecule has 16 heavy (non-hydrogen) atoms. The van der Waals surface area contributed by atoms with Gasteiger partial charge in [0.25, 0.3) is 0 Å². The van der Waals surface area contributed by atoms with E-state index >= 15 is 0 Å². The van der Waals surface area contributed by atoms with Crippen LogP contribution in [0.2, 0.25) is 0 Å². The predicted octanol–water partition coefficient (Wildman–Crippen LogP) is 2.95. The van der Waals surface area contributed by atoms with Crippen LogP contribution in [-0.2, 0) is 6.61 Å². The molecule has 1 aromatic carbocycles. The summed E-state index contributed by atoms with van der Waals surface area (Å²) in [6.45, 7) is -0.452. The molecule has 1 aliphatic carbocycles. The van der Waals surface area contributed by atoms with Crippen molar-refractivity contribution in [2.24, 2.45) is 0 Å². The average Bonchev–Trinajstić information content (AvgIpc) is 2.99. The summed E-state index contributed by atoms with van der Waals surface area (Å²) in [6, 6.07) is 4.48. The van der Waals surface area contributed by atoms with E-state index in [1.54, 1.807) is 12.1 Å². The Kier molecular flexibility index (Phi) is 2.80. The summed E-state index contributed by atoms with van der Waals surface area (Å²) in [4.78, 5) is 0. The molecule has 1 N–H and O–H groups in total. The van der Waals surface area contributed by atoms with Gasteiger partial charge in [0, 0.05) is 5.56 Å². The Hall–Kier alpha value is -1.23. The summed E-state index contributed by atoms with van der Waals surface area (Å²) in [6.07, 6.45) is -2.60. The van der Waals surface area contributed by atoms with Crippen LogP contribution in [0.3, 0.4) is 0 Å². The molecule has 0 heterocycles. The molecule has 0 aliphatic heterocycles. The number of benzene rings is 1. The highest BCUT2D eigenvalue weighted by atomic mass is 19.4. The molecule has 1 aliphatic rings. The van der Waals surface area contributed by atoms with E-state index in [1.165, 1.54) is 6.07 Å². The van der Waals surface area contributed by atoms with E-state index in [0.717, 1.165) is 18.4 Å². The van der Waals surface area contributed by atoms with Crippen LogP contribution in [0.15, 0.2) is 18.2 Å². The lowest BCUT2D eigenvalue weighted by Gasteiger charge is -2.13. The van der Waals surface area contributed by atoms with Crippen LogP contribution in [0.25, 0.3) is 0 Å². The molecule has 88 valence electrons. The van der Waals surface area contributed by atoms with Gasteiger partial charge in [0.05, 0.1) is 6.61 Å². The summed E-state index contributed by atoms with van der Waals surface area (Å²) in [5.74, 6) is 0.115. The summed E-state index contributed by atoms with van der Waals surface area (Å²) >= 11 is 0. The fourth-order valence-electron chi connectivity index (χ4n) is 1.62. The molecule has 0 aromatic heterocycles. The quantitative estimate of drug-likeness (QED) is 0.868. The van der Waals surface area contributed by atoms with Crippen LogP contribution in [0.1, 0.15) is 29.9 Å². The molecule has 0 amide bonds. The topological polar surface area (TPSA) is 29.5 Å². The van der Waals surface area contributed by atoms with Crippen molar-refractivity contribution in [1.82, 2.24) is 0 Å². The van der Waals surface area contributed by atoms with Gasteiger partial charge < -0.3 is 9.84 Å². The lowest BCUT2D eigenvalue weighted by molar-refractivity contribution is -0.275. The zero-order chi connectivity index (χ0) is 11.8. The van der Waals surface area contributed by atoms with Crippen LogP contribution < -0.4 is 4.74 Å². The van der Waals surface area contributed by atoms with Gasteiger partial charge in [-0.25, -0.2) is 0 Å². The minimum absolute atomic E-state index is 0.182. The van der Waals surface area contributed by atoms with Crippen LogP contribution >= 0.6 is 0 Å². The molecule has 2 rings (SSSR count). The van der Waals surface area contributed by atoms with Gasteiger partial charge in [-0.05, 0) is 36.5 Å². The zero-order valence-corrected chi connectivity index (χ0v) is 8.42. The number of hydrogen-bond donors (Lipinski definition) is 1. The molecular formula is C11H11F3O2. The molecule has 0 bridgehead atoms. The third-order valence-corrected chi connectivity index (χ3v) is 2.53. The van der Waals surface area contributed by atoms with E-state index in [1.807, 2.05) is 0 Å².